The first-order valence-electron chi connectivity index (χ1n) is 24.4. The van der Waals surface area contributed by atoms with Gasteiger partial charge in [0.1, 0.15) is 36.7 Å². The Morgan fingerprint density at radius 1 is 0.792 bits per heavy atom. The maximum atomic E-state index is 14.0. The predicted molar refractivity (Wildman–Crippen MR) is 275 cm³/mol. The first-order valence-corrected chi connectivity index (χ1v) is 25.3. The Labute approximate surface area is 425 Å². The number of benzene rings is 3. The molecule has 1 aromatic heterocycles. The molecular weight excluding hydrogens is 946 g/mol. The summed E-state index contributed by atoms with van der Waals surface area (Å²) in [5.74, 6) is -2.70. The number of amides is 6. The molecule has 0 bridgehead atoms. The predicted octanol–water partition coefficient (Wildman–Crippen LogP) is 8.37. The van der Waals surface area contributed by atoms with Gasteiger partial charge in [0, 0.05) is 44.0 Å². The fourth-order valence-electron chi connectivity index (χ4n) is 7.84. The first-order chi connectivity index (χ1) is 34.2. The highest BCUT2D eigenvalue weighted by Gasteiger charge is 2.44. The van der Waals surface area contributed by atoms with Crippen LogP contribution >= 0.6 is 11.3 Å². The van der Waals surface area contributed by atoms with Crippen molar-refractivity contribution >= 4 is 64.0 Å². The number of ether oxygens (including phenoxy) is 3. The minimum Gasteiger partial charge on any atom is -0.444 e. The van der Waals surface area contributed by atoms with Gasteiger partial charge < -0.3 is 45.5 Å². The van der Waals surface area contributed by atoms with Gasteiger partial charge in [-0.3, -0.25) is 29.3 Å². The number of carbonyl (C=O) groups is 6. The third kappa shape index (κ3) is 18.4. The molecule has 1 aliphatic rings. The molecule has 5 rings (SSSR count). The summed E-state index contributed by atoms with van der Waals surface area (Å²) in [6, 6.07) is 15.8. The molecule has 0 aliphatic carbocycles. The van der Waals surface area contributed by atoms with E-state index in [1.165, 1.54) is 23.1 Å². The average molecular weight is 1020 g/mol. The fraction of sp³-hybridized carbons (Fsp3) is 0.491. The molecule has 4 aromatic rings. The largest absolute Gasteiger partial charge is 0.444 e. The second-order valence-electron chi connectivity index (χ2n) is 19.9. The number of aliphatic hydroxyl groups excluding tert-OH is 1. The summed E-state index contributed by atoms with van der Waals surface area (Å²) in [6.45, 7) is 13.3. The summed E-state index contributed by atoms with van der Waals surface area (Å²) in [7, 11) is 0. The molecule has 6 amide bonds. The van der Waals surface area contributed by atoms with Crippen molar-refractivity contribution in [3.63, 3.8) is 0 Å². The van der Waals surface area contributed by atoms with Crippen LogP contribution in [0.3, 0.4) is 0 Å². The molecule has 1 aliphatic heterocycles. The Hall–Kier alpha value is -6.28. The minimum atomic E-state index is -0.946. The van der Waals surface area contributed by atoms with Crippen LogP contribution in [0.4, 0.5) is 26.2 Å². The van der Waals surface area contributed by atoms with Crippen LogP contribution in [0.1, 0.15) is 115 Å². The third-order valence-electron chi connectivity index (χ3n) is 11.6. The van der Waals surface area contributed by atoms with Crippen molar-refractivity contribution in [3.05, 3.63) is 94.9 Å². The number of unbranched alkanes of at least 4 members (excludes halogenated alkanes) is 6. The highest BCUT2D eigenvalue weighted by Crippen LogP contribution is 2.29. The van der Waals surface area contributed by atoms with Crippen molar-refractivity contribution in [2.45, 2.75) is 130 Å². The van der Waals surface area contributed by atoms with Gasteiger partial charge >= 0.3 is 6.09 Å². The Kier molecular flexibility index (Phi) is 21.2. The summed E-state index contributed by atoms with van der Waals surface area (Å²) in [5, 5.41) is 24.2. The lowest BCUT2D eigenvalue weighted by Crippen LogP contribution is -2.58. The number of hydrogen-bond acceptors (Lipinski definition) is 12. The van der Waals surface area contributed by atoms with Crippen molar-refractivity contribution in [3.8, 4) is 10.4 Å². The number of likely N-dealkylation sites (tertiary alicyclic amines) is 1. The number of aromatic nitrogens is 1. The first kappa shape index (κ1) is 56.6. The standard InChI is InChI=1S/C53H70FN7O10S/c1-34-46(72-33-56-34)36-17-15-35(16-18-36)29-55-49(66)43-28-40(62)30-61(43)50(67)47(52(2,3)4)60-45(64)32-70-26-14-12-10-8-9-11-13-25-69-31-44(63)57-39-22-19-37(20-23-39)48(65)58-41-24-21-38(54)27-42(41)59-51(68)71-53(5,6)7/h15-24,27,33,40,43,47,62H,8-14,25-26,28-32H2,1-7H3,(H,55,66)(H,57,63)(H,58,65)(H,59,68)(H,60,64)/t40-,43+,47-/m1/s1. The van der Waals surface area contributed by atoms with E-state index >= 15 is 0 Å². The summed E-state index contributed by atoms with van der Waals surface area (Å²) >= 11 is 1.57. The van der Waals surface area contributed by atoms with Crippen LogP contribution in [0.5, 0.6) is 0 Å². The number of halogens is 1. The van der Waals surface area contributed by atoms with E-state index in [2.05, 4.69) is 31.6 Å². The third-order valence-corrected chi connectivity index (χ3v) is 12.5. The summed E-state index contributed by atoms with van der Waals surface area (Å²) in [5.41, 5.74) is 4.18. The highest BCUT2D eigenvalue weighted by molar-refractivity contribution is 7.13. The van der Waals surface area contributed by atoms with Crippen molar-refractivity contribution in [2.24, 2.45) is 5.41 Å². The number of rotatable bonds is 24. The zero-order valence-electron chi connectivity index (χ0n) is 42.4. The van der Waals surface area contributed by atoms with Crippen molar-refractivity contribution in [1.82, 2.24) is 20.5 Å². The van der Waals surface area contributed by atoms with Crippen LogP contribution in [0.2, 0.25) is 0 Å². The lowest BCUT2D eigenvalue weighted by Gasteiger charge is -2.35. The number of carbonyl (C=O) groups excluding carboxylic acids is 6. The van der Waals surface area contributed by atoms with Gasteiger partial charge in [0.25, 0.3) is 5.91 Å². The monoisotopic (exact) mass is 1020 g/mol. The maximum Gasteiger partial charge on any atom is 0.412 e. The number of nitrogens with one attached hydrogen (secondary N) is 5. The van der Waals surface area contributed by atoms with Gasteiger partial charge in [0.2, 0.25) is 23.6 Å². The van der Waals surface area contributed by atoms with Gasteiger partial charge in [-0.05, 0) is 99.5 Å². The number of hydrogen-bond donors (Lipinski definition) is 6. The van der Waals surface area contributed by atoms with E-state index in [4.69, 9.17) is 14.2 Å². The average Bonchev–Trinajstić information content (AvgIpc) is 3.93. The number of aliphatic hydroxyl groups is 1. The minimum absolute atomic E-state index is 0.0126. The van der Waals surface area contributed by atoms with Crippen LogP contribution in [0, 0.1) is 18.2 Å². The van der Waals surface area contributed by atoms with E-state index in [9.17, 15) is 38.3 Å². The number of β-amino-alcohol motifs (C(OH)–C–C–N with tert-alkyl or cyclic N) is 1. The zero-order chi connectivity index (χ0) is 52.4. The summed E-state index contributed by atoms with van der Waals surface area (Å²) in [4.78, 5) is 84.8. The number of nitrogens with zero attached hydrogens (tertiary/aromatic N) is 2. The molecule has 1 fully saturated rings. The van der Waals surface area contributed by atoms with E-state index in [-0.39, 0.29) is 61.5 Å². The van der Waals surface area contributed by atoms with Gasteiger partial charge in [0.15, 0.2) is 0 Å². The van der Waals surface area contributed by atoms with Crippen molar-refractivity contribution in [2.75, 3.05) is 48.9 Å². The van der Waals surface area contributed by atoms with Crippen molar-refractivity contribution in [1.29, 1.82) is 0 Å². The van der Waals surface area contributed by atoms with Crippen LogP contribution in [0.15, 0.2) is 72.2 Å². The molecule has 3 aromatic carbocycles. The second kappa shape index (κ2) is 27.0. The molecule has 19 heteroatoms. The Bertz CT molecular complexity index is 2450. The fourth-order valence-corrected chi connectivity index (χ4v) is 8.66. The zero-order valence-corrected chi connectivity index (χ0v) is 43.2. The van der Waals surface area contributed by atoms with E-state index < -0.39 is 58.8 Å². The number of aryl methyl sites for hydroxylation is 1. The van der Waals surface area contributed by atoms with Gasteiger partial charge in [-0.15, -0.1) is 11.3 Å². The smallest absolute Gasteiger partial charge is 0.412 e. The number of thiazole rings is 1. The van der Waals surface area contributed by atoms with E-state index in [1.807, 2.05) is 57.5 Å². The molecule has 0 unspecified atom stereocenters. The highest BCUT2D eigenvalue weighted by atomic mass is 32.1. The van der Waals surface area contributed by atoms with E-state index in [0.29, 0.717) is 18.9 Å². The Balaban J connectivity index is 0.903. The van der Waals surface area contributed by atoms with E-state index in [1.54, 1.807) is 44.2 Å². The molecule has 6 N–H and O–H groups in total. The lowest BCUT2D eigenvalue weighted by atomic mass is 9.85. The molecule has 0 spiro atoms. The lowest BCUT2D eigenvalue weighted by molar-refractivity contribution is -0.144. The van der Waals surface area contributed by atoms with Gasteiger partial charge in [-0.25, -0.2) is 14.2 Å². The van der Waals surface area contributed by atoms with Crippen LogP contribution < -0.4 is 26.6 Å². The van der Waals surface area contributed by atoms with Gasteiger partial charge in [-0.1, -0.05) is 77.1 Å². The topological polar surface area (TPSA) is 227 Å². The maximum absolute atomic E-state index is 14.0. The molecule has 0 radical (unpaired) electrons. The quantitative estimate of drug-likeness (QED) is 0.0366. The molecule has 0 saturated carbocycles. The molecule has 1 saturated heterocycles. The summed E-state index contributed by atoms with van der Waals surface area (Å²) in [6.07, 6.45) is 4.88. The SMILES string of the molecule is Cc1ncsc1-c1ccc(CNC(=O)[C@@H]2C[C@@H](O)CN2C(=O)[C@@H](NC(=O)COCCCCCCCCCOCC(=O)Nc2ccc(C(=O)Nc3ccc(F)cc3NC(=O)OC(C)(C)C)cc2)C(C)(C)C)cc1. The molecular formula is C53H70FN7O10S. The number of anilines is 3. The van der Waals surface area contributed by atoms with E-state index in [0.717, 1.165) is 78.8 Å². The van der Waals surface area contributed by atoms with Crippen molar-refractivity contribution < 1.29 is 52.5 Å². The van der Waals surface area contributed by atoms with Gasteiger partial charge in [-0.2, -0.15) is 0 Å². The van der Waals surface area contributed by atoms with Crippen LogP contribution in [-0.2, 0) is 39.9 Å². The summed E-state index contributed by atoms with van der Waals surface area (Å²) < 4.78 is 30.4. The normalized spacial score (nSPS) is 15.1. The molecule has 3 atom stereocenters. The van der Waals surface area contributed by atoms with Crippen LogP contribution in [-0.4, -0.2) is 107 Å². The second-order valence-corrected chi connectivity index (χ2v) is 20.8. The van der Waals surface area contributed by atoms with Crippen LogP contribution in [0.25, 0.3) is 10.4 Å². The molecule has 2 heterocycles. The molecule has 72 heavy (non-hydrogen) atoms. The molecule has 17 nitrogen and oxygen atoms in total. The Morgan fingerprint density at radius 2 is 1.42 bits per heavy atom. The van der Waals surface area contributed by atoms with Gasteiger partial charge in [0.05, 0.1) is 33.6 Å². The molecule has 390 valence electrons. The Morgan fingerprint density at radius 3 is 2.01 bits per heavy atom.